The lowest BCUT2D eigenvalue weighted by atomic mass is 9.86. The van der Waals surface area contributed by atoms with Gasteiger partial charge >= 0.3 is 0 Å². The van der Waals surface area contributed by atoms with E-state index in [2.05, 4.69) is 10.5 Å². The van der Waals surface area contributed by atoms with Crippen LogP contribution in [-0.2, 0) is 16.2 Å². The third-order valence-corrected chi connectivity index (χ3v) is 5.82. The van der Waals surface area contributed by atoms with E-state index in [1.807, 2.05) is 30.3 Å². The van der Waals surface area contributed by atoms with Crippen molar-refractivity contribution in [3.63, 3.8) is 0 Å². The smallest absolute Gasteiger partial charge is 0.269 e. The molecule has 1 fully saturated rings. The Balaban J connectivity index is 1.30. The number of hydrogen-bond donors (Lipinski definition) is 1. The van der Waals surface area contributed by atoms with E-state index in [0.29, 0.717) is 50.2 Å². The van der Waals surface area contributed by atoms with Crippen molar-refractivity contribution in [2.75, 3.05) is 13.1 Å². The molecule has 4 rings (SSSR count). The molecule has 0 aromatic heterocycles. The molecule has 0 atom stereocenters. The fourth-order valence-electron chi connectivity index (χ4n) is 3.72. The van der Waals surface area contributed by atoms with Gasteiger partial charge in [-0.3, -0.25) is 9.59 Å². The summed E-state index contributed by atoms with van der Waals surface area (Å²) in [5.41, 5.74) is 1.17. The Morgan fingerprint density at radius 2 is 1.90 bits per heavy atom. The lowest BCUT2D eigenvalue weighted by Gasteiger charge is -2.37. The average Bonchev–Trinajstić information content (AvgIpc) is 3.18. The van der Waals surface area contributed by atoms with Crippen molar-refractivity contribution in [1.82, 2.24) is 10.2 Å². The summed E-state index contributed by atoms with van der Waals surface area (Å²) >= 11 is 5.79. The number of nitrogens with zero attached hydrogens (tertiary/aromatic N) is 2. The Morgan fingerprint density at radius 3 is 2.60 bits per heavy atom. The highest BCUT2D eigenvalue weighted by atomic mass is 35.5. The topological polar surface area (TPSA) is 71.0 Å². The van der Waals surface area contributed by atoms with Gasteiger partial charge in [0.15, 0.2) is 0 Å². The van der Waals surface area contributed by atoms with Gasteiger partial charge in [-0.25, -0.2) is 4.39 Å². The first-order valence-electron chi connectivity index (χ1n) is 9.77. The van der Waals surface area contributed by atoms with Gasteiger partial charge < -0.3 is 15.1 Å². The number of halogens is 2. The molecule has 0 radical (unpaired) electrons. The number of amides is 2. The van der Waals surface area contributed by atoms with Gasteiger partial charge in [0.1, 0.15) is 17.1 Å². The van der Waals surface area contributed by atoms with Crippen molar-refractivity contribution in [3.05, 3.63) is 70.5 Å². The number of carbonyl (C=O) groups is 2. The molecule has 1 saturated heterocycles. The van der Waals surface area contributed by atoms with Crippen molar-refractivity contribution in [1.29, 1.82) is 0 Å². The average molecular weight is 430 g/mol. The number of hydrogen-bond acceptors (Lipinski definition) is 4. The summed E-state index contributed by atoms with van der Waals surface area (Å²) in [6, 6.07) is 13.6. The van der Waals surface area contributed by atoms with E-state index in [0.717, 1.165) is 5.56 Å². The first-order chi connectivity index (χ1) is 14.5. The van der Waals surface area contributed by atoms with Gasteiger partial charge in [0.05, 0.1) is 5.02 Å². The normalized spacial score (nSPS) is 17.4. The van der Waals surface area contributed by atoms with E-state index in [4.69, 9.17) is 16.4 Å². The van der Waals surface area contributed by atoms with Gasteiger partial charge in [-0.15, -0.1) is 0 Å². The maximum atomic E-state index is 13.3. The van der Waals surface area contributed by atoms with Crippen LogP contribution in [0.15, 0.2) is 53.7 Å². The van der Waals surface area contributed by atoms with E-state index in [-0.39, 0.29) is 16.8 Å². The van der Waals surface area contributed by atoms with Gasteiger partial charge in [0.2, 0.25) is 0 Å². The second-order valence-corrected chi connectivity index (χ2v) is 7.99. The molecular weight excluding hydrogens is 409 g/mol. The van der Waals surface area contributed by atoms with Crippen molar-refractivity contribution < 1.29 is 18.8 Å². The van der Waals surface area contributed by atoms with Crippen LogP contribution in [0.1, 0.15) is 35.2 Å². The summed E-state index contributed by atoms with van der Waals surface area (Å²) < 4.78 is 13.3. The molecular formula is C22H21ClFN3O3. The first-order valence-corrected chi connectivity index (χ1v) is 10.2. The summed E-state index contributed by atoms with van der Waals surface area (Å²) in [6.45, 7) is 1.35. The second-order valence-electron chi connectivity index (χ2n) is 7.58. The summed E-state index contributed by atoms with van der Waals surface area (Å²) in [4.78, 5) is 32.4. The molecule has 156 valence electrons. The van der Waals surface area contributed by atoms with Crippen molar-refractivity contribution in [2.24, 2.45) is 5.16 Å². The minimum Gasteiger partial charge on any atom is -0.388 e. The fraction of sp³-hybridized carbons (Fsp3) is 0.318. The molecule has 2 heterocycles. The minimum atomic E-state index is -0.559. The van der Waals surface area contributed by atoms with Crippen LogP contribution in [0.5, 0.6) is 0 Å². The maximum Gasteiger partial charge on any atom is 0.269 e. The predicted octanol–water partition coefficient (Wildman–Crippen LogP) is 3.55. The third-order valence-electron chi connectivity index (χ3n) is 5.53. The molecule has 0 unspecified atom stereocenters. The van der Waals surface area contributed by atoms with Crippen LogP contribution in [0, 0.1) is 5.82 Å². The van der Waals surface area contributed by atoms with Crippen LogP contribution >= 0.6 is 11.6 Å². The van der Waals surface area contributed by atoms with Gasteiger partial charge in [0.25, 0.3) is 11.8 Å². The number of oxime groups is 1. The van der Waals surface area contributed by atoms with Crippen molar-refractivity contribution >= 4 is 29.1 Å². The minimum absolute atomic E-state index is 0.0759. The molecule has 1 spiro atoms. The molecule has 30 heavy (non-hydrogen) atoms. The van der Waals surface area contributed by atoms with E-state index in [1.54, 1.807) is 4.90 Å². The molecule has 0 saturated carbocycles. The molecule has 8 heteroatoms. The molecule has 2 aromatic carbocycles. The highest BCUT2D eigenvalue weighted by Crippen LogP contribution is 2.35. The molecule has 2 aromatic rings. The lowest BCUT2D eigenvalue weighted by molar-refractivity contribution is -0.115. The lowest BCUT2D eigenvalue weighted by Crippen LogP contribution is -2.47. The number of carbonyl (C=O) groups excluding carboxylic acids is 2. The fourth-order valence-corrected chi connectivity index (χ4v) is 3.90. The summed E-state index contributed by atoms with van der Waals surface area (Å²) in [6.07, 6.45) is 1.54. The highest BCUT2D eigenvalue weighted by Gasteiger charge is 2.44. The molecule has 6 nitrogen and oxygen atoms in total. The second kappa shape index (κ2) is 8.44. The van der Waals surface area contributed by atoms with E-state index < -0.39 is 11.4 Å². The maximum absolute atomic E-state index is 13.3. The number of benzene rings is 2. The number of rotatable bonds is 4. The van der Waals surface area contributed by atoms with E-state index in [9.17, 15) is 14.0 Å². The Labute approximate surface area is 178 Å². The molecule has 1 N–H and O–H groups in total. The van der Waals surface area contributed by atoms with Crippen LogP contribution in [0.25, 0.3) is 0 Å². The number of nitrogens with one attached hydrogen (secondary N) is 1. The molecule has 0 aliphatic carbocycles. The zero-order valence-electron chi connectivity index (χ0n) is 16.2. The number of piperidine rings is 1. The quantitative estimate of drug-likeness (QED) is 0.808. The summed E-state index contributed by atoms with van der Waals surface area (Å²) in [5.74, 6) is -0.998. The Hall–Kier alpha value is -2.93. The Morgan fingerprint density at radius 1 is 1.17 bits per heavy atom. The summed E-state index contributed by atoms with van der Waals surface area (Å²) in [5, 5.41) is 6.80. The molecule has 2 amide bonds. The van der Waals surface area contributed by atoms with E-state index >= 15 is 0 Å². The Bertz CT molecular complexity index is 988. The van der Waals surface area contributed by atoms with Crippen molar-refractivity contribution in [2.45, 2.75) is 31.4 Å². The van der Waals surface area contributed by atoms with Crippen LogP contribution < -0.4 is 5.32 Å². The van der Waals surface area contributed by atoms with Gasteiger partial charge in [-0.1, -0.05) is 47.1 Å². The molecule has 0 bridgehead atoms. The number of likely N-dealkylation sites (tertiary alicyclic amines) is 1. The summed E-state index contributed by atoms with van der Waals surface area (Å²) in [7, 11) is 0. The first kappa shape index (κ1) is 20.3. The van der Waals surface area contributed by atoms with Gasteiger partial charge in [-0.2, -0.15) is 0 Å². The monoisotopic (exact) mass is 429 g/mol. The highest BCUT2D eigenvalue weighted by molar-refractivity contribution is 6.39. The predicted molar refractivity (Wildman–Crippen MR) is 111 cm³/mol. The zero-order chi connectivity index (χ0) is 21.1. The van der Waals surface area contributed by atoms with Crippen molar-refractivity contribution in [3.8, 4) is 0 Å². The standard InChI is InChI=1S/C22H21ClFN3O3/c23-17-12-16(6-7-18(17)24)21(29)27-10-8-22(9-11-27)13-19(26-30-22)20(28)25-14-15-4-2-1-3-5-15/h1-7,12H,8-11,13-14H2,(H,25,28). The molecule has 2 aliphatic rings. The Kier molecular flexibility index (Phi) is 5.72. The van der Waals surface area contributed by atoms with Crippen LogP contribution in [0.4, 0.5) is 4.39 Å². The van der Waals surface area contributed by atoms with Gasteiger partial charge in [0, 0.05) is 44.5 Å². The van der Waals surface area contributed by atoms with Crippen LogP contribution in [0.2, 0.25) is 5.02 Å². The third kappa shape index (κ3) is 4.31. The van der Waals surface area contributed by atoms with E-state index in [1.165, 1.54) is 18.2 Å². The van der Waals surface area contributed by atoms with Crippen LogP contribution in [-0.4, -0.2) is 41.1 Å². The van der Waals surface area contributed by atoms with Gasteiger partial charge in [-0.05, 0) is 23.8 Å². The molecule has 2 aliphatic heterocycles. The zero-order valence-corrected chi connectivity index (χ0v) is 17.0. The SMILES string of the molecule is O=C(NCc1ccccc1)C1=NOC2(CCN(C(=O)c3ccc(F)c(Cl)c3)CC2)C1. The largest absolute Gasteiger partial charge is 0.388 e. The van der Waals surface area contributed by atoms with Crippen LogP contribution in [0.3, 0.4) is 0 Å².